The van der Waals surface area contributed by atoms with E-state index in [2.05, 4.69) is 0 Å². The molecule has 0 amide bonds. The molecule has 6 heteroatoms. The molecule has 1 aliphatic heterocycles. The quantitative estimate of drug-likeness (QED) is 0.828. The molecule has 0 radical (unpaired) electrons. The van der Waals surface area contributed by atoms with Crippen molar-refractivity contribution in [2.45, 2.75) is 6.61 Å². The van der Waals surface area contributed by atoms with E-state index in [1.54, 1.807) is 4.90 Å². The maximum absolute atomic E-state index is 13.8. The number of hydrogen-bond acceptors (Lipinski definition) is 3. The summed E-state index contributed by atoms with van der Waals surface area (Å²) in [6.45, 7) is 1.50. The Bertz CT molecular complexity index is 422. The molecule has 1 aromatic rings. The monoisotopic (exact) mass is 263 g/mol. The van der Waals surface area contributed by atoms with Gasteiger partial charge in [-0.15, -0.1) is 0 Å². The molecule has 0 aliphatic carbocycles. The molecular weight excluding hydrogens is 252 g/mol. The van der Waals surface area contributed by atoms with Gasteiger partial charge in [-0.1, -0.05) is 11.6 Å². The van der Waals surface area contributed by atoms with Gasteiger partial charge in [0.1, 0.15) is 10.8 Å². The van der Waals surface area contributed by atoms with Gasteiger partial charge in [0.25, 0.3) is 0 Å². The third kappa shape index (κ3) is 2.36. The summed E-state index contributed by atoms with van der Waals surface area (Å²) in [5, 5.41) is 8.42. The lowest BCUT2D eigenvalue weighted by atomic mass is 10.1. The lowest BCUT2D eigenvalue weighted by Crippen LogP contribution is -2.37. The Kier molecular flexibility index (Phi) is 3.81. The van der Waals surface area contributed by atoms with Crippen LogP contribution < -0.4 is 4.90 Å². The van der Waals surface area contributed by atoms with Crippen LogP contribution in [0, 0.1) is 11.6 Å². The Morgan fingerprint density at radius 3 is 2.53 bits per heavy atom. The van der Waals surface area contributed by atoms with Crippen molar-refractivity contribution < 1.29 is 18.6 Å². The number of hydrogen-bond donors (Lipinski definition) is 1. The van der Waals surface area contributed by atoms with Gasteiger partial charge in [-0.2, -0.15) is 0 Å². The highest BCUT2D eigenvalue weighted by Gasteiger charge is 2.21. The van der Waals surface area contributed by atoms with Crippen LogP contribution in [0.5, 0.6) is 0 Å². The van der Waals surface area contributed by atoms with E-state index >= 15 is 0 Å². The molecule has 0 unspecified atom stereocenters. The third-order valence-electron chi connectivity index (χ3n) is 2.73. The van der Waals surface area contributed by atoms with Crippen molar-refractivity contribution in [2.24, 2.45) is 0 Å². The van der Waals surface area contributed by atoms with E-state index in [1.165, 1.54) is 6.07 Å². The Morgan fingerprint density at radius 1 is 1.29 bits per heavy atom. The normalized spacial score (nSPS) is 16.4. The average Bonchev–Trinajstić information content (AvgIpc) is 2.37. The van der Waals surface area contributed by atoms with E-state index in [9.17, 15) is 8.78 Å². The number of ether oxygens (including phenoxy) is 1. The topological polar surface area (TPSA) is 32.7 Å². The second kappa shape index (κ2) is 5.16. The zero-order valence-corrected chi connectivity index (χ0v) is 9.81. The van der Waals surface area contributed by atoms with Crippen molar-refractivity contribution >= 4 is 17.3 Å². The molecule has 0 bridgehead atoms. The fraction of sp³-hybridized carbons (Fsp3) is 0.455. The fourth-order valence-electron chi connectivity index (χ4n) is 1.79. The molecule has 17 heavy (non-hydrogen) atoms. The van der Waals surface area contributed by atoms with Crippen LogP contribution in [0.2, 0.25) is 5.02 Å². The minimum absolute atomic E-state index is 0.00195. The zero-order chi connectivity index (χ0) is 12.4. The molecule has 2 rings (SSSR count). The summed E-state index contributed by atoms with van der Waals surface area (Å²) < 4.78 is 32.4. The summed E-state index contributed by atoms with van der Waals surface area (Å²) in [5.41, 5.74) is 0.210. The van der Waals surface area contributed by atoms with Gasteiger partial charge in [0.05, 0.1) is 25.5 Å². The molecule has 1 fully saturated rings. The summed E-state index contributed by atoms with van der Waals surface area (Å²) in [6, 6.07) is 1.29. The SMILES string of the molecule is OCc1cc(N2CCOCC2)c(F)c(Cl)c1F. The first-order valence-electron chi connectivity index (χ1n) is 5.25. The standard InChI is InChI=1S/C11H12ClF2NO2/c12-9-10(13)7(6-16)5-8(11(9)14)15-1-3-17-4-2-15/h5,16H,1-4,6H2. The van der Waals surface area contributed by atoms with E-state index in [1.807, 2.05) is 0 Å². The Hall–Kier alpha value is -0.910. The number of aliphatic hydroxyl groups is 1. The van der Waals surface area contributed by atoms with Gasteiger partial charge < -0.3 is 14.7 Å². The number of rotatable bonds is 2. The maximum Gasteiger partial charge on any atom is 0.168 e. The molecule has 3 nitrogen and oxygen atoms in total. The van der Waals surface area contributed by atoms with Crippen LogP contribution in [0.3, 0.4) is 0 Å². The van der Waals surface area contributed by atoms with Crippen LogP contribution in [0.4, 0.5) is 14.5 Å². The maximum atomic E-state index is 13.8. The zero-order valence-electron chi connectivity index (χ0n) is 9.05. The fourth-order valence-corrected chi connectivity index (χ4v) is 2.01. The third-order valence-corrected chi connectivity index (χ3v) is 3.06. The molecule has 1 saturated heterocycles. The molecule has 1 N–H and O–H groups in total. The number of nitrogens with zero attached hydrogens (tertiary/aromatic N) is 1. The summed E-state index contributed by atoms with van der Waals surface area (Å²) >= 11 is 5.57. The van der Waals surface area contributed by atoms with Crippen molar-refractivity contribution in [2.75, 3.05) is 31.2 Å². The molecule has 0 aromatic heterocycles. The summed E-state index contributed by atoms with van der Waals surface area (Å²) in [5.74, 6) is -1.69. The summed E-state index contributed by atoms with van der Waals surface area (Å²) in [4.78, 5) is 1.73. The van der Waals surface area contributed by atoms with Crippen LogP contribution in [0.15, 0.2) is 6.07 Å². The minimum atomic E-state index is -0.899. The van der Waals surface area contributed by atoms with Crippen molar-refractivity contribution in [3.8, 4) is 0 Å². The van der Waals surface area contributed by atoms with Gasteiger partial charge in [0.15, 0.2) is 5.82 Å². The molecule has 1 heterocycles. The van der Waals surface area contributed by atoms with Gasteiger partial charge in [0, 0.05) is 18.7 Å². The summed E-state index contributed by atoms with van der Waals surface area (Å²) in [7, 11) is 0. The lowest BCUT2D eigenvalue weighted by Gasteiger charge is -2.29. The Labute approximate surface area is 103 Å². The first-order chi connectivity index (χ1) is 8.15. The average molecular weight is 264 g/mol. The first kappa shape index (κ1) is 12.5. The van der Waals surface area contributed by atoms with Crippen LogP contribution in [0.1, 0.15) is 5.56 Å². The van der Waals surface area contributed by atoms with Crippen LogP contribution in [0.25, 0.3) is 0 Å². The Balaban J connectivity index is 2.42. The second-order valence-corrected chi connectivity index (χ2v) is 4.13. The highest BCUT2D eigenvalue weighted by molar-refractivity contribution is 6.31. The van der Waals surface area contributed by atoms with Crippen molar-refractivity contribution in [3.63, 3.8) is 0 Å². The van der Waals surface area contributed by atoms with E-state index < -0.39 is 23.3 Å². The van der Waals surface area contributed by atoms with E-state index in [0.717, 1.165) is 0 Å². The lowest BCUT2D eigenvalue weighted by molar-refractivity contribution is 0.122. The molecule has 1 aliphatic rings. The number of aliphatic hydroxyl groups excluding tert-OH is 1. The minimum Gasteiger partial charge on any atom is -0.392 e. The van der Waals surface area contributed by atoms with Crippen molar-refractivity contribution in [1.82, 2.24) is 0 Å². The predicted molar refractivity (Wildman–Crippen MR) is 60.3 cm³/mol. The summed E-state index contributed by atoms with van der Waals surface area (Å²) in [6.07, 6.45) is 0. The van der Waals surface area contributed by atoms with Crippen LogP contribution >= 0.6 is 11.6 Å². The van der Waals surface area contributed by atoms with Crippen molar-refractivity contribution in [3.05, 3.63) is 28.3 Å². The van der Waals surface area contributed by atoms with E-state index in [-0.39, 0.29) is 11.3 Å². The van der Waals surface area contributed by atoms with Crippen LogP contribution in [-0.4, -0.2) is 31.4 Å². The van der Waals surface area contributed by atoms with Crippen LogP contribution in [-0.2, 0) is 11.3 Å². The molecular formula is C11H12ClF2NO2. The van der Waals surface area contributed by atoms with Gasteiger partial charge in [-0.3, -0.25) is 0 Å². The van der Waals surface area contributed by atoms with E-state index in [4.69, 9.17) is 21.4 Å². The van der Waals surface area contributed by atoms with Gasteiger partial charge in [0.2, 0.25) is 0 Å². The number of morpholine rings is 1. The number of anilines is 1. The van der Waals surface area contributed by atoms with Gasteiger partial charge in [-0.05, 0) is 6.07 Å². The molecule has 0 spiro atoms. The Morgan fingerprint density at radius 2 is 1.94 bits per heavy atom. The molecule has 1 aromatic carbocycles. The number of benzene rings is 1. The second-order valence-electron chi connectivity index (χ2n) is 3.75. The highest BCUT2D eigenvalue weighted by atomic mass is 35.5. The molecule has 0 atom stereocenters. The smallest absolute Gasteiger partial charge is 0.168 e. The number of halogens is 3. The largest absolute Gasteiger partial charge is 0.392 e. The highest BCUT2D eigenvalue weighted by Crippen LogP contribution is 2.31. The first-order valence-corrected chi connectivity index (χ1v) is 5.63. The van der Waals surface area contributed by atoms with Gasteiger partial charge >= 0.3 is 0 Å². The van der Waals surface area contributed by atoms with Crippen molar-refractivity contribution in [1.29, 1.82) is 0 Å². The predicted octanol–water partition coefficient (Wildman–Crippen LogP) is 1.95. The molecule has 0 saturated carbocycles. The van der Waals surface area contributed by atoms with Gasteiger partial charge in [-0.25, -0.2) is 8.78 Å². The molecule has 94 valence electrons. The van der Waals surface area contributed by atoms with E-state index in [0.29, 0.717) is 26.3 Å².